The predicted octanol–water partition coefficient (Wildman–Crippen LogP) is 3.96. The number of nitrogens with zero attached hydrogens (tertiary/aromatic N) is 1. The SMILES string of the molecule is CSCc1nc(=S)c(Br)c(CC(C)C)[nH]1. The van der Waals surface area contributed by atoms with Gasteiger partial charge in [-0.05, 0) is 34.5 Å². The molecule has 15 heavy (non-hydrogen) atoms. The van der Waals surface area contributed by atoms with Gasteiger partial charge in [0.15, 0.2) is 0 Å². The van der Waals surface area contributed by atoms with Gasteiger partial charge in [0.1, 0.15) is 10.5 Å². The fourth-order valence-electron chi connectivity index (χ4n) is 1.31. The third-order valence-electron chi connectivity index (χ3n) is 1.88. The second-order valence-corrected chi connectivity index (χ2v) is 5.86. The summed E-state index contributed by atoms with van der Waals surface area (Å²) in [4.78, 5) is 7.66. The summed E-state index contributed by atoms with van der Waals surface area (Å²) in [5.74, 6) is 2.45. The van der Waals surface area contributed by atoms with Crippen molar-refractivity contribution in [2.75, 3.05) is 6.26 Å². The Morgan fingerprint density at radius 2 is 2.20 bits per heavy atom. The molecule has 1 heterocycles. The van der Waals surface area contributed by atoms with E-state index in [2.05, 4.69) is 46.0 Å². The van der Waals surface area contributed by atoms with E-state index >= 15 is 0 Å². The number of H-pyrrole nitrogens is 1. The molecule has 0 spiro atoms. The number of aromatic nitrogens is 2. The molecule has 1 N–H and O–H groups in total. The van der Waals surface area contributed by atoms with Crippen LogP contribution in [0.25, 0.3) is 0 Å². The average Bonchev–Trinajstić information content (AvgIpc) is 2.13. The molecule has 0 amide bonds. The Bertz CT molecular complexity index is 387. The van der Waals surface area contributed by atoms with Crippen molar-refractivity contribution in [2.45, 2.75) is 26.0 Å². The number of hydrogen-bond donors (Lipinski definition) is 1. The Balaban J connectivity index is 3.07. The summed E-state index contributed by atoms with van der Waals surface area (Å²) in [6, 6.07) is 0. The van der Waals surface area contributed by atoms with Gasteiger partial charge in [-0.15, -0.1) is 0 Å². The maximum absolute atomic E-state index is 5.21. The van der Waals surface area contributed by atoms with E-state index in [9.17, 15) is 0 Å². The van der Waals surface area contributed by atoms with Crippen LogP contribution in [0.3, 0.4) is 0 Å². The first-order chi connectivity index (χ1) is 7.04. The lowest BCUT2D eigenvalue weighted by atomic mass is 10.1. The standard InChI is InChI=1S/C10H15BrN2S2/c1-6(2)4-7-9(11)10(14)13-8(12-7)5-15-3/h6H,4-5H2,1-3H3,(H,12,13,14). The number of nitrogens with one attached hydrogen (secondary N) is 1. The minimum absolute atomic E-state index is 0.608. The summed E-state index contributed by atoms with van der Waals surface area (Å²) in [6.07, 6.45) is 3.05. The van der Waals surface area contributed by atoms with Crippen LogP contribution in [0.2, 0.25) is 0 Å². The van der Waals surface area contributed by atoms with E-state index in [4.69, 9.17) is 12.2 Å². The second kappa shape index (κ2) is 6.01. The van der Waals surface area contributed by atoms with Gasteiger partial charge < -0.3 is 4.98 Å². The van der Waals surface area contributed by atoms with Gasteiger partial charge in [0, 0.05) is 5.69 Å². The van der Waals surface area contributed by atoms with Crippen LogP contribution < -0.4 is 0 Å². The zero-order valence-electron chi connectivity index (χ0n) is 9.13. The van der Waals surface area contributed by atoms with Crippen LogP contribution in [0.15, 0.2) is 4.47 Å². The number of rotatable bonds is 4. The van der Waals surface area contributed by atoms with E-state index < -0.39 is 0 Å². The molecule has 0 aliphatic carbocycles. The summed E-state index contributed by atoms with van der Waals surface area (Å²) in [5, 5.41) is 0. The maximum Gasteiger partial charge on any atom is 0.144 e. The zero-order chi connectivity index (χ0) is 11.4. The summed E-state index contributed by atoms with van der Waals surface area (Å²) in [5.41, 5.74) is 1.16. The van der Waals surface area contributed by atoms with E-state index in [0.29, 0.717) is 10.6 Å². The van der Waals surface area contributed by atoms with Crippen LogP contribution in [0, 0.1) is 10.6 Å². The Kier molecular flexibility index (Phi) is 5.29. The molecular formula is C10H15BrN2S2. The summed E-state index contributed by atoms with van der Waals surface area (Å²) in [6.45, 7) is 4.38. The minimum Gasteiger partial charge on any atom is -0.345 e. The van der Waals surface area contributed by atoms with Gasteiger partial charge in [0.05, 0.1) is 10.2 Å². The third-order valence-corrected chi connectivity index (χ3v) is 3.85. The Labute approximate surface area is 108 Å². The van der Waals surface area contributed by atoms with Crippen LogP contribution in [-0.4, -0.2) is 16.2 Å². The van der Waals surface area contributed by atoms with Crippen molar-refractivity contribution < 1.29 is 0 Å². The molecule has 0 fully saturated rings. The first-order valence-corrected chi connectivity index (χ1v) is 7.40. The highest BCUT2D eigenvalue weighted by Crippen LogP contribution is 2.19. The summed E-state index contributed by atoms with van der Waals surface area (Å²) >= 11 is 10.4. The Hall–Kier alpha value is 0.130. The van der Waals surface area contributed by atoms with Gasteiger partial charge in [-0.3, -0.25) is 0 Å². The molecule has 0 aliphatic heterocycles. The predicted molar refractivity (Wildman–Crippen MR) is 72.9 cm³/mol. The van der Waals surface area contributed by atoms with Crippen molar-refractivity contribution >= 4 is 39.9 Å². The van der Waals surface area contributed by atoms with Gasteiger partial charge in [0.25, 0.3) is 0 Å². The molecule has 0 aliphatic rings. The molecule has 0 saturated heterocycles. The molecular weight excluding hydrogens is 292 g/mol. The lowest BCUT2D eigenvalue weighted by molar-refractivity contribution is 0.629. The number of halogens is 1. The fraction of sp³-hybridized carbons (Fsp3) is 0.600. The largest absolute Gasteiger partial charge is 0.345 e. The van der Waals surface area contributed by atoms with E-state index in [-0.39, 0.29) is 0 Å². The molecule has 1 rings (SSSR count). The smallest absolute Gasteiger partial charge is 0.144 e. The molecule has 2 nitrogen and oxygen atoms in total. The lowest BCUT2D eigenvalue weighted by Crippen LogP contribution is -2.04. The van der Waals surface area contributed by atoms with Crippen LogP contribution in [0.5, 0.6) is 0 Å². The maximum atomic E-state index is 5.21. The normalized spacial score (nSPS) is 11.0. The molecule has 84 valence electrons. The molecule has 0 saturated carbocycles. The third kappa shape index (κ3) is 3.89. The van der Waals surface area contributed by atoms with Gasteiger partial charge in [0.2, 0.25) is 0 Å². The second-order valence-electron chi connectivity index (χ2n) is 3.81. The number of thioether (sulfide) groups is 1. The van der Waals surface area contributed by atoms with Gasteiger partial charge in [-0.25, -0.2) is 4.98 Å². The van der Waals surface area contributed by atoms with Crippen molar-refractivity contribution in [3.8, 4) is 0 Å². The first kappa shape index (κ1) is 13.2. The van der Waals surface area contributed by atoms with E-state index in [1.165, 1.54) is 0 Å². The fourth-order valence-corrected chi connectivity index (χ4v) is 2.30. The molecule has 0 aromatic carbocycles. The van der Waals surface area contributed by atoms with Crippen LogP contribution in [0.4, 0.5) is 0 Å². The molecule has 0 atom stereocenters. The van der Waals surface area contributed by atoms with Crippen molar-refractivity contribution in [1.82, 2.24) is 9.97 Å². The van der Waals surface area contributed by atoms with Crippen LogP contribution >= 0.6 is 39.9 Å². The molecule has 1 aromatic rings. The van der Waals surface area contributed by atoms with Crippen LogP contribution in [-0.2, 0) is 12.2 Å². The highest BCUT2D eigenvalue weighted by Gasteiger charge is 2.07. The zero-order valence-corrected chi connectivity index (χ0v) is 12.4. The summed E-state index contributed by atoms with van der Waals surface area (Å²) in [7, 11) is 0. The number of aromatic amines is 1. The summed E-state index contributed by atoms with van der Waals surface area (Å²) < 4.78 is 1.60. The topological polar surface area (TPSA) is 28.7 Å². The molecule has 0 radical (unpaired) electrons. The van der Waals surface area contributed by atoms with Crippen LogP contribution in [0.1, 0.15) is 25.4 Å². The van der Waals surface area contributed by atoms with E-state index in [0.717, 1.165) is 28.2 Å². The van der Waals surface area contributed by atoms with E-state index in [1.807, 2.05) is 0 Å². The van der Waals surface area contributed by atoms with E-state index in [1.54, 1.807) is 11.8 Å². The molecule has 0 bridgehead atoms. The number of hydrogen-bond acceptors (Lipinski definition) is 3. The average molecular weight is 307 g/mol. The molecule has 1 aromatic heterocycles. The van der Waals surface area contributed by atoms with Crippen molar-refractivity contribution in [3.05, 3.63) is 20.6 Å². The van der Waals surface area contributed by atoms with Crippen molar-refractivity contribution in [1.29, 1.82) is 0 Å². The Morgan fingerprint density at radius 1 is 1.53 bits per heavy atom. The van der Waals surface area contributed by atoms with Gasteiger partial charge >= 0.3 is 0 Å². The monoisotopic (exact) mass is 306 g/mol. The molecule has 5 heteroatoms. The quantitative estimate of drug-likeness (QED) is 0.854. The highest BCUT2D eigenvalue weighted by atomic mass is 79.9. The van der Waals surface area contributed by atoms with Crippen molar-refractivity contribution in [3.63, 3.8) is 0 Å². The van der Waals surface area contributed by atoms with Gasteiger partial charge in [-0.2, -0.15) is 11.8 Å². The Morgan fingerprint density at radius 3 is 2.73 bits per heavy atom. The lowest BCUT2D eigenvalue weighted by Gasteiger charge is -2.09. The highest BCUT2D eigenvalue weighted by molar-refractivity contribution is 9.10. The molecule has 0 unspecified atom stereocenters. The first-order valence-electron chi connectivity index (χ1n) is 4.81. The van der Waals surface area contributed by atoms with Gasteiger partial charge in [-0.1, -0.05) is 26.1 Å². The minimum atomic E-state index is 0.608. The van der Waals surface area contributed by atoms with Crippen molar-refractivity contribution in [2.24, 2.45) is 5.92 Å².